The van der Waals surface area contributed by atoms with Crippen LogP contribution in [0.3, 0.4) is 0 Å². The maximum absolute atomic E-state index is 12.8. The van der Waals surface area contributed by atoms with Crippen LogP contribution >= 0.6 is 15.9 Å². The summed E-state index contributed by atoms with van der Waals surface area (Å²) < 4.78 is 0.665. The number of Topliss-reactive ketones (excluding diaryl/α,β-unsaturated/α-hetero) is 1. The number of nitrogens with zero attached hydrogens (tertiary/aromatic N) is 2. The number of rotatable bonds is 4. The van der Waals surface area contributed by atoms with E-state index in [0.29, 0.717) is 16.6 Å². The maximum atomic E-state index is 12.8. The average Bonchev–Trinajstić information content (AvgIpc) is 2.59. The Bertz CT molecular complexity index is 576. The van der Waals surface area contributed by atoms with Crippen molar-refractivity contribution >= 4 is 27.3 Å². The second-order valence-electron chi connectivity index (χ2n) is 5.70. The third-order valence-corrected chi connectivity index (χ3v) is 3.94. The number of hydrogen-bond acceptors (Lipinski definition) is 3. The van der Waals surface area contributed by atoms with E-state index in [2.05, 4.69) is 32.5 Å². The predicted octanol–water partition coefficient (Wildman–Crippen LogP) is 4.13. The minimum absolute atomic E-state index is 0.118. The van der Waals surface area contributed by atoms with Crippen LogP contribution in [0.4, 0.5) is 0 Å². The van der Waals surface area contributed by atoms with Gasteiger partial charge in [-0.3, -0.25) is 9.78 Å². The highest BCUT2D eigenvalue weighted by Crippen LogP contribution is 2.33. The van der Waals surface area contributed by atoms with E-state index in [0.717, 1.165) is 30.7 Å². The van der Waals surface area contributed by atoms with Gasteiger partial charge >= 0.3 is 0 Å². The van der Waals surface area contributed by atoms with Gasteiger partial charge in [-0.1, -0.05) is 26.0 Å². The Morgan fingerprint density at radius 3 is 3.00 bits per heavy atom. The molecule has 1 aliphatic carbocycles. The molecule has 0 radical (unpaired) electrons. The summed E-state index contributed by atoms with van der Waals surface area (Å²) in [7, 11) is 0. The van der Waals surface area contributed by atoms with Crippen LogP contribution in [0.15, 0.2) is 29.5 Å². The van der Waals surface area contributed by atoms with Crippen LogP contribution in [0.25, 0.3) is 5.57 Å². The van der Waals surface area contributed by atoms with Crippen molar-refractivity contribution in [1.29, 1.82) is 0 Å². The lowest BCUT2D eigenvalue weighted by Crippen LogP contribution is -2.25. The Hall–Kier alpha value is -1.29. The number of fused-ring (bicyclic) bond motifs is 1. The summed E-state index contributed by atoms with van der Waals surface area (Å²) in [6, 6.07) is 0. The first-order chi connectivity index (χ1) is 9.45. The smallest absolute Gasteiger partial charge is 0.170 e. The molecule has 106 valence electrons. The van der Waals surface area contributed by atoms with Crippen molar-refractivity contribution in [1.82, 2.24) is 9.97 Å². The molecule has 0 amide bonds. The van der Waals surface area contributed by atoms with Crippen molar-refractivity contribution in [3.8, 4) is 0 Å². The summed E-state index contributed by atoms with van der Waals surface area (Å²) in [5.74, 6) is 0.118. The Morgan fingerprint density at radius 1 is 1.55 bits per heavy atom. The van der Waals surface area contributed by atoms with E-state index in [1.165, 1.54) is 0 Å². The van der Waals surface area contributed by atoms with Gasteiger partial charge in [-0.15, -0.1) is 6.58 Å². The molecular formula is C16H19BrN2O. The van der Waals surface area contributed by atoms with Gasteiger partial charge in [0.15, 0.2) is 5.78 Å². The van der Waals surface area contributed by atoms with Crippen LogP contribution in [-0.4, -0.2) is 15.8 Å². The standard InChI is InChI=1S/C16H19BrN2O/c1-4-9-16(2,3)15(20)11-7-5-6-8-12-14(11)19-13(17)10-18-12/h4,7,10H,1,5-6,8-9H2,2-3H3. The van der Waals surface area contributed by atoms with Crippen LogP contribution < -0.4 is 0 Å². The van der Waals surface area contributed by atoms with E-state index in [4.69, 9.17) is 0 Å². The summed E-state index contributed by atoms with van der Waals surface area (Å²) in [5, 5.41) is 0. The number of allylic oxidation sites excluding steroid dienone is 3. The molecule has 3 nitrogen and oxygen atoms in total. The highest BCUT2D eigenvalue weighted by molar-refractivity contribution is 9.10. The number of aryl methyl sites for hydroxylation is 1. The molecule has 4 heteroatoms. The Kier molecular flexibility index (Phi) is 4.53. The number of aromatic nitrogens is 2. The molecule has 2 rings (SSSR count). The third-order valence-electron chi connectivity index (χ3n) is 3.55. The first-order valence-electron chi connectivity index (χ1n) is 6.83. The number of halogens is 1. The molecule has 0 atom stereocenters. The topological polar surface area (TPSA) is 42.9 Å². The van der Waals surface area contributed by atoms with Crippen LogP contribution in [0.2, 0.25) is 0 Å². The van der Waals surface area contributed by atoms with Crippen molar-refractivity contribution in [2.75, 3.05) is 0 Å². The zero-order chi connectivity index (χ0) is 14.8. The van der Waals surface area contributed by atoms with Crippen LogP contribution in [0.5, 0.6) is 0 Å². The van der Waals surface area contributed by atoms with E-state index in [-0.39, 0.29) is 5.78 Å². The van der Waals surface area contributed by atoms with E-state index in [1.54, 1.807) is 12.3 Å². The quantitative estimate of drug-likeness (QED) is 0.777. The average molecular weight is 335 g/mol. The zero-order valence-corrected chi connectivity index (χ0v) is 13.5. The number of carbonyl (C=O) groups is 1. The Balaban J connectivity index is 2.47. The third kappa shape index (κ3) is 3.06. The molecule has 0 fully saturated rings. The zero-order valence-electron chi connectivity index (χ0n) is 11.9. The van der Waals surface area contributed by atoms with Crippen molar-refractivity contribution < 1.29 is 4.79 Å². The maximum Gasteiger partial charge on any atom is 0.170 e. The van der Waals surface area contributed by atoms with Gasteiger partial charge in [0.25, 0.3) is 0 Å². The molecule has 0 unspecified atom stereocenters. The summed E-state index contributed by atoms with van der Waals surface area (Å²) in [5.41, 5.74) is 1.90. The van der Waals surface area contributed by atoms with Crippen molar-refractivity contribution in [2.45, 2.75) is 39.5 Å². The fourth-order valence-electron chi connectivity index (χ4n) is 2.42. The summed E-state index contributed by atoms with van der Waals surface area (Å²) in [4.78, 5) is 21.7. The second-order valence-corrected chi connectivity index (χ2v) is 6.52. The molecule has 20 heavy (non-hydrogen) atoms. The first kappa shape index (κ1) is 15.1. The normalized spacial score (nSPS) is 15.1. The van der Waals surface area contributed by atoms with E-state index in [9.17, 15) is 4.79 Å². The van der Waals surface area contributed by atoms with Crippen LogP contribution in [0, 0.1) is 5.41 Å². The molecule has 0 saturated heterocycles. The molecular weight excluding hydrogens is 316 g/mol. The van der Waals surface area contributed by atoms with Crippen molar-refractivity contribution in [3.63, 3.8) is 0 Å². The SMILES string of the molecule is C=CCC(C)(C)C(=O)C1=CCCCc2ncc(Br)nc21. The lowest BCUT2D eigenvalue weighted by molar-refractivity contribution is -0.121. The van der Waals surface area contributed by atoms with Crippen LogP contribution in [-0.2, 0) is 11.2 Å². The molecule has 1 aliphatic rings. The van der Waals surface area contributed by atoms with E-state index >= 15 is 0 Å². The van der Waals surface area contributed by atoms with Gasteiger partial charge in [0.2, 0.25) is 0 Å². The molecule has 0 N–H and O–H groups in total. The summed E-state index contributed by atoms with van der Waals surface area (Å²) in [6.45, 7) is 7.65. The fraction of sp³-hybridized carbons (Fsp3) is 0.438. The summed E-state index contributed by atoms with van der Waals surface area (Å²) >= 11 is 3.35. The molecule has 1 aromatic rings. The monoisotopic (exact) mass is 334 g/mol. The fourth-order valence-corrected chi connectivity index (χ4v) is 2.70. The van der Waals surface area contributed by atoms with Gasteiger partial charge in [-0.05, 0) is 41.6 Å². The highest BCUT2D eigenvalue weighted by atomic mass is 79.9. The lowest BCUT2D eigenvalue weighted by atomic mass is 9.80. The predicted molar refractivity (Wildman–Crippen MR) is 84.2 cm³/mol. The summed E-state index contributed by atoms with van der Waals surface area (Å²) in [6.07, 6.45) is 8.91. The highest BCUT2D eigenvalue weighted by Gasteiger charge is 2.32. The van der Waals surface area contributed by atoms with Gasteiger partial charge in [-0.25, -0.2) is 4.98 Å². The molecule has 0 bridgehead atoms. The molecule has 0 aliphatic heterocycles. The lowest BCUT2D eigenvalue weighted by Gasteiger charge is -2.23. The molecule has 1 aromatic heterocycles. The van der Waals surface area contributed by atoms with Gasteiger partial charge in [0, 0.05) is 11.0 Å². The minimum Gasteiger partial charge on any atom is -0.293 e. The minimum atomic E-state index is -0.459. The molecule has 1 heterocycles. The van der Waals surface area contributed by atoms with Crippen LogP contribution in [0.1, 0.15) is 44.5 Å². The van der Waals surface area contributed by atoms with Crippen molar-refractivity contribution in [3.05, 3.63) is 40.9 Å². The Morgan fingerprint density at radius 2 is 2.30 bits per heavy atom. The molecule has 0 spiro atoms. The second kappa shape index (κ2) is 6.00. The number of ketones is 1. The van der Waals surface area contributed by atoms with Gasteiger partial charge in [0.1, 0.15) is 4.60 Å². The van der Waals surface area contributed by atoms with E-state index in [1.807, 2.05) is 19.9 Å². The number of carbonyl (C=O) groups excluding carboxylic acids is 1. The van der Waals surface area contributed by atoms with Gasteiger partial charge < -0.3 is 0 Å². The van der Waals surface area contributed by atoms with Gasteiger partial charge in [0.05, 0.1) is 17.6 Å². The Labute approximate surface area is 128 Å². The van der Waals surface area contributed by atoms with E-state index < -0.39 is 5.41 Å². The van der Waals surface area contributed by atoms with Gasteiger partial charge in [-0.2, -0.15) is 0 Å². The number of hydrogen-bond donors (Lipinski definition) is 0. The largest absolute Gasteiger partial charge is 0.293 e. The first-order valence-corrected chi connectivity index (χ1v) is 7.62. The van der Waals surface area contributed by atoms with Crippen molar-refractivity contribution in [2.24, 2.45) is 5.41 Å². The molecule has 0 saturated carbocycles. The molecule has 0 aromatic carbocycles.